The second-order valence-electron chi connectivity index (χ2n) is 7.97. The molecule has 1 aromatic heterocycles. The summed E-state index contributed by atoms with van der Waals surface area (Å²) < 4.78 is 1.35. The molecular formula is C24H25N3O4. The zero-order valence-electron chi connectivity index (χ0n) is 17.5. The molecule has 1 N–H and O–H groups in total. The second kappa shape index (κ2) is 8.34. The number of fused-ring (bicyclic) bond motifs is 1. The molecule has 31 heavy (non-hydrogen) atoms. The van der Waals surface area contributed by atoms with E-state index < -0.39 is 11.4 Å². The number of amides is 1. The predicted molar refractivity (Wildman–Crippen MR) is 117 cm³/mol. The zero-order valence-corrected chi connectivity index (χ0v) is 17.5. The van der Waals surface area contributed by atoms with E-state index >= 15 is 0 Å². The predicted octanol–water partition coefficient (Wildman–Crippen LogP) is 3.07. The third-order valence-corrected chi connectivity index (χ3v) is 6.15. The highest BCUT2D eigenvalue weighted by Gasteiger charge is 2.44. The summed E-state index contributed by atoms with van der Waals surface area (Å²) in [5, 5.41) is 15.4. The van der Waals surface area contributed by atoms with Gasteiger partial charge in [0, 0.05) is 25.0 Å². The van der Waals surface area contributed by atoms with Crippen LogP contribution in [-0.4, -0.2) is 44.8 Å². The van der Waals surface area contributed by atoms with Gasteiger partial charge in [-0.25, -0.2) is 4.68 Å². The maximum Gasteiger partial charge on any atom is 0.314 e. The lowest BCUT2D eigenvalue weighted by Crippen LogP contribution is -2.49. The van der Waals surface area contributed by atoms with Crippen LogP contribution in [0.25, 0.3) is 10.8 Å². The van der Waals surface area contributed by atoms with Crippen LogP contribution in [0.3, 0.4) is 0 Å². The number of carboxylic acids is 1. The number of rotatable bonds is 5. The summed E-state index contributed by atoms with van der Waals surface area (Å²) in [4.78, 5) is 39.9. The maximum atomic E-state index is 13.4. The van der Waals surface area contributed by atoms with Gasteiger partial charge in [0.2, 0.25) is 0 Å². The van der Waals surface area contributed by atoms with E-state index in [1.165, 1.54) is 4.68 Å². The fraction of sp³-hybridized carbons (Fsp3) is 0.333. The highest BCUT2D eigenvalue weighted by molar-refractivity contribution is 6.04. The van der Waals surface area contributed by atoms with Crippen LogP contribution in [0.2, 0.25) is 0 Å². The van der Waals surface area contributed by atoms with Gasteiger partial charge in [0.05, 0.1) is 10.8 Å². The molecule has 7 heteroatoms. The Bertz CT molecular complexity index is 1180. The highest BCUT2D eigenvalue weighted by Crippen LogP contribution is 2.36. The first-order valence-corrected chi connectivity index (χ1v) is 10.6. The number of carbonyl (C=O) groups excluding carboxylic acids is 1. The van der Waals surface area contributed by atoms with Gasteiger partial charge in [0.25, 0.3) is 11.5 Å². The molecule has 0 spiro atoms. The van der Waals surface area contributed by atoms with Crippen molar-refractivity contribution in [3.63, 3.8) is 0 Å². The molecule has 160 valence electrons. The Morgan fingerprint density at radius 1 is 1.00 bits per heavy atom. The van der Waals surface area contributed by atoms with Gasteiger partial charge in [0.15, 0.2) is 5.69 Å². The minimum absolute atomic E-state index is 0.207. The minimum Gasteiger partial charge on any atom is -0.481 e. The largest absolute Gasteiger partial charge is 0.481 e. The first-order valence-electron chi connectivity index (χ1n) is 10.6. The smallest absolute Gasteiger partial charge is 0.314 e. The standard InChI is InChI=1S/C24H25N3O4/c1-2-14-27-21(28)19-11-7-6-10-18(19)20(25-27)22(29)26-15-12-24(13-16-26,23(30)31)17-8-4-3-5-9-17/h3-11H,2,12-16H2,1H3,(H,30,31). The summed E-state index contributed by atoms with van der Waals surface area (Å²) >= 11 is 0. The number of aryl methyl sites for hydroxylation is 1. The lowest BCUT2D eigenvalue weighted by atomic mass is 9.73. The molecule has 0 aliphatic carbocycles. The van der Waals surface area contributed by atoms with Gasteiger partial charge in [0.1, 0.15) is 0 Å². The molecule has 1 aliphatic rings. The molecule has 1 saturated heterocycles. The van der Waals surface area contributed by atoms with E-state index in [0.29, 0.717) is 43.2 Å². The summed E-state index contributed by atoms with van der Waals surface area (Å²) in [7, 11) is 0. The van der Waals surface area contributed by atoms with Gasteiger partial charge in [-0.05, 0) is 30.9 Å². The lowest BCUT2D eigenvalue weighted by Gasteiger charge is -2.39. The summed E-state index contributed by atoms with van der Waals surface area (Å²) in [5.41, 5.74) is -0.211. The van der Waals surface area contributed by atoms with Gasteiger partial charge in [-0.1, -0.05) is 55.5 Å². The Morgan fingerprint density at radius 2 is 1.61 bits per heavy atom. The number of aliphatic carboxylic acids is 1. The van der Waals surface area contributed by atoms with E-state index in [-0.39, 0.29) is 17.2 Å². The van der Waals surface area contributed by atoms with Gasteiger partial charge < -0.3 is 10.0 Å². The topological polar surface area (TPSA) is 92.5 Å². The maximum absolute atomic E-state index is 13.4. The van der Waals surface area contributed by atoms with Crippen molar-refractivity contribution in [3.05, 3.63) is 76.2 Å². The van der Waals surface area contributed by atoms with Gasteiger partial charge in [-0.3, -0.25) is 14.4 Å². The van der Waals surface area contributed by atoms with Crippen LogP contribution in [0.15, 0.2) is 59.4 Å². The average molecular weight is 419 g/mol. The van der Waals surface area contributed by atoms with Crippen molar-refractivity contribution in [3.8, 4) is 0 Å². The molecule has 0 radical (unpaired) electrons. The van der Waals surface area contributed by atoms with E-state index in [1.807, 2.05) is 37.3 Å². The van der Waals surface area contributed by atoms with Crippen molar-refractivity contribution in [1.82, 2.24) is 14.7 Å². The van der Waals surface area contributed by atoms with Crippen LogP contribution in [0, 0.1) is 0 Å². The number of carbonyl (C=O) groups is 2. The summed E-state index contributed by atoms with van der Waals surface area (Å²) in [5.74, 6) is -1.14. The Hall–Kier alpha value is -3.48. The molecule has 2 heterocycles. The molecule has 4 rings (SSSR count). The number of hydrogen-bond acceptors (Lipinski definition) is 4. The molecule has 0 atom stereocenters. The average Bonchev–Trinajstić information content (AvgIpc) is 2.81. The lowest BCUT2D eigenvalue weighted by molar-refractivity contribution is -0.145. The molecule has 0 unspecified atom stereocenters. The van der Waals surface area contributed by atoms with Crippen molar-refractivity contribution >= 4 is 22.6 Å². The summed E-state index contributed by atoms with van der Waals surface area (Å²) in [6, 6.07) is 16.2. The SMILES string of the molecule is CCCn1nc(C(=O)N2CCC(C(=O)O)(c3ccccc3)CC2)c2ccccc2c1=O. The zero-order chi connectivity index (χ0) is 22.0. The van der Waals surface area contributed by atoms with Crippen molar-refractivity contribution in [1.29, 1.82) is 0 Å². The van der Waals surface area contributed by atoms with Crippen LogP contribution >= 0.6 is 0 Å². The first-order chi connectivity index (χ1) is 15.0. The van der Waals surface area contributed by atoms with Gasteiger partial charge in [-0.2, -0.15) is 5.10 Å². The molecule has 1 fully saturated rings. The number of nitrogens with zero attached hydrogens (tertiary/aromatic N) is 3. The fourth-order valence-electron chi connectivity index (χ4n) is 4.38. The van der Waals surface area contributed by atoms with Crippen LogP contribution in [-0.2, 0) is 16.8 Å². The normalized spacial score (nSPS) is 15.7. The van der Waals surface area contributed by atoms with Gasteiger partial charge >= 0.3 is 5.97 Å². The molecule has 1 aliphatic heterocycles. The summed E-state index contributed by atoms with van der Waals surface area (Å²) in [6.45, 7) is 3.00. The van der Waals surface area contributed by atoms with Crippen LogP contribution < -0.4 is 5.56 Å². The van der Waals surface area contributed by atoms with Crippen molar-refractivity contribution in [2.75, 3.05) is 13.1 Å². The van der Waals surface area contributed by atoms with Crippen LogP contribution in [0.4, 0.5) is 0 Å². The Labute approximate surface area is 179 Å². The highest BCUT2D eigenvalue weighted by atomic mass is 16.4. The number of benzene rings is 2. The Morgan fingerprint density at radius 3 is 2.23 bits per heavy atom. The minimum atomic E-state index is -1.01. The molecule has 0 saturated carbocycles. The number of likely N-dealkylation sites (tertiary alicyclic amines) is 1. The number of aromatic nitrogens is 2. The third kappa shape index (κ3) is 3.60. The molecular weight excluding hydrogens is 394 g/mol. The van der Waals surface area contributed by atoms with Crippen LogP contribution in [0.5, 0.6) is 0 Å². The molecule has 1 amide bonds. The van der Waals surface area contributed by atoms with Crippen LogP contribution in [0.1, 0.15) is 42.2 Å². The van der Waals surface area contributed by atoms with Crippen molar-refractivity contribution in [2.45, 2.75) is 38.1 Å². The van der Waals surface area contributed by atoms with E-state index in [9.17, 15) is 19.5 Å². The summed E-state index contributed by atoms with van der Waals surface area (Å²) in [6.07, 6.45) is 1.37. The fourth-order valence-corrected chi connectivity index (χ4v) is 4.38. The van der Waals surface area contributed by atoms with Crippen molar-refractivity contribution in [2.24, 2.45) is 0 Å². The molecule has 7 nitrogen and oxygen atoms in total. The quantitative estimate of drug-likeness (QED) is 0.686. The Balaban J connectivity index is 1.66. The number of piperidine rings is 1. The van der Waals surface area contributed by atoms with E-state index in [2.05, 4.69) is 5.10 Å². The van der Waals surface area contributed by atoms with E-state index in [0.717, 1.165) is 12.0 Å². The van der Waals surface area contributed by atoms with E-state index in [1.54, 1.807) is 29.2 Å². The first kappa shape index (κ1) is 20.8. The molecule has 0 bridgehead atoms. The van der Waals surface area contributed by atoms with E-state index in [4.69, 9.17) is 0 Å². The molecule has 3 aromatic rings. The number of carboxylic acid groups (broad SMARTS) is 1. The van der Waals surface area contributed by atoms with Gasteiger partial charge in [-0.15, -0.1) is 0 Å². The Kier molecular flexibility index (Phi) is 5.59. The number of hydrogen-bond donors (Lipinski definition) is 1. The third-order valence-electron chi connectivity index (χ3n) is 6.15. The molecule has 2 aromatic carbocycles. The van der Waals surface area contributed by atoms with Crippen molar-refractivity contribution < 1.29 is 14.7 Å². The second-order valence-corrected chi connectivity index (χ2v) is 7.97. The monoisotopic (exact) mass is 419 g/mol.